The number of rotatable bonds is 4. The molecule has 1 fully saturated rings. The second-order valence-electron chi connectivity index (χ2n) is 5.83. The van der Waals surface area contributed by atoms with E-state index in [0.29, 0.717) is 5.65 Å². The molecule has 1 amide bonds. The van der Waals surface area contributed by atoms with Gasteiger partial charge in [0.2, 0.25) is 5.91 Å². The van der Waals surface area contributed by atoms with Crippen LogP contribution in [-0.4, -0.2) is 45.0 Å². The van der Waals surface area contributed by atoms with Gasteiger partial charge in [-0.1, -0.05) is 13.0 Å². The van der Waals surface area contributed by atoms with E-state index in [4.69, 9.17) is 0 Å². The molecule has 1 saturated heterocycles. The SMILES string of the molecule is CC/C=C(/C)C(=O)NC1CCN(c2ncnc3nc[nH]c23)CC1. The van der Waals surface area contributed by atoms with Gasteiger partial charge < -0.3 is 15.2 Å². The van der Waals surface area contributed by atoms with E-state index >= 15 is 0 Å². The quantitative estimate of drug-likeness (QED) is 0.840. The number of amides is 1. The van der Waals surface area contributed by atoms with Crippen molar-refractivity contribution in [3.8, 4) is 0 Å². The van der Waals surface area contributed by atoms with Crippen molar-refractivity contribution in [1.82, 2.24) is 25.3 Å². The number of nitrogens with zero attached hydrogens (tertiary/aromatic N) is 4. The molecule has 23 heavy (non-hydrogen) atoms. The Kier molecular flexibility index (Phi) is 4.55. The first-order valence-corrected chi connectivity index (χ1v) is 8.05. The maximum Gasteiger partial charge on any atom is 0.246 e. The van der Waals surface area contributed by atoms with Crippen LogP contribution in [0, 0.1) is 0 Å². The molecule has 0 radical (unpaired) electrons. The molecule has 0 unspecified atom stereocenters. The van der Waals surface area contributed by atoms with Gasteiger partial charge in [-0.25, -0.2) is 15.0 Å². The van der Waals surface area contributed by atoms with Gasteiger partial charge in [0.05, 0.1) is 6.33 Å². The molecule has 0 bridgehead atoms. The molecule has 7 heteroatoms. The summed E-state index contributed by atoms with van der Waals surface area (Å²) in [5, 5.41) is 3.12. The van der Waals surface area contributed by atoms with E-state index in [2.05, 4.69) is 30.2 Å². The van der Waals surface area contributed by atoms with Gasteiger partial charge >= 0.3 is 0 Å². The Balaban J connectivity index is 1.62. The summed E-state index contributed by atoms with van der Waals surface area (Å²) in [6.45, 7) is 5.61. The summed E-state index contributed by atoms with van der Waals surface area (Å²) in [6.07, 6.45) is 7.84. The largest absolute Gasteiger partial charge is 0.355 e. The maximum atomic E-state index is 12.1. The van der Waals surface area contributed by atoms with E-state index in [1.807, 2.05) is 19.9 Å². The fraction of sp³-hybridized carbons (Fsp3) is 0.500. The Labute approximate surface area is 135 Å². The number of imidazole rings is 1. The topological polar surface area (TPSA) is 86.8 Å². The molecule has 1 aliphatic heterocycles. The number of hydrogen-bond donors (Lipinski definition) is 2. The van der Waals surface area contributed by atoms with Crippen molar-refractivity contribution < 1.29 is 4.79 Å². The molecular formula is C16H22N6O. The summed E-state index contributed by atoms with van der Waals surface area (Å²) in [6, 6.07) is 0.220. The number of carbonyl (C=O) groups is 1. The van der Waals surface area contributed by atoms with E-state index in [9.17, 15) is 4.79 Å². The lowest BCUT2D eigenvalue weighted by Gasteiger charge is -2.33. The maximum absolute atomic E-state index is 12.1. The van der Waals surface area contributed by atoms with Gasteiger partial charge in [0.15, 0.2) is 11.5 Å². The standard InChI is InChI=1S/C16H22N6O/c1-3-4-11(2)16(23)21-12-5-7-22(8-6-12)15-13-14(18-9-17-13)19-10-20-15/h4,9-10,12H,3,5-8H2,1-2H3,(H,21,23)(H,17,18,19,20)/b11-4-. The first-order chi connectivity index (χ1) is 11.2. The van der Waals surface area contributed by atoms with Gasteiger partial charge in [-0.05, 0) is 26.2 Å². The molecule has 2 aromatic rings. The monoisotopic (exact) mass is 314 g/mol. The van der Waals surface area contributed by atoms with Crippen LogP contribution in [0.15, 0.2) is 24.3 Å². The van der Waals surface area contributed by atoms with E-state index in [1.165, 1.54) is 0 Å². The van der Waals surface area contributed by atoms with Crippen molar-refractivity contribution in [2.75, 3.05) is 18.0 Å². The fourth-order valence-electron chi connectivity index (χ4n) is 2.93. The molecule has 0 aliphatic carbocycles. The molecule has 3 heterocycles. The van der Waals surface area contributed by atoms with Crippen molar-refractivity contribution in [2.45, 2.75) is 39.2 Å². The summed E-state index contributed by atoms with van der Waals surface area (Å²) in [5.74, 6) is 0.933. The number of allylic oxidation sites excluding steroid dienone is 1. The second kappa shape index (κ2) is 6.76. The number of aromatic amines is 1. The Morgan fingerprint density at radius 3 is 2.91 bits per heavy atom. The number of anilines is 1. The van der Waals surface area contributed by atoms with Crippen LogP contribution in [0.1, 0.15) is 33.1 Å². The van der Waals surface area contributed by atoms with Crippen molar-refractivity contribution in [1.29, 1.82) is 0 Å². The number of carbonyl (C=O) groups excluding carboxylic acids is 1. The third kappa shape index (κ3) is 3.33. The normalized spacial score (nSPS) is 16.8. The van der Waals surface area contributed by atoms with Gasteiger partial charge in [-0.2, -0.15) is 0 Å². The van der Waals surface area contributed by atoms with Gasteiger partial charge in [0.25, 0.3) is 0 Å². The zero-order valence-corrected chi connectivity index (χ0v) is 13.5. The van der Waals surface area contributed by atoms with Crippen LogP contribution in [-0.2, 0) is 4.79 Å². The summed E-state index contributed by atoms with van der Waals surface area (Å²) < 4.78 is 0. The van der Waals surface area contributed by atoms with Crippen LogP contribution in [0.2, 0.25) is 0 Å². The predicted molar refractivity (Wildman–Crippen MR) is 89.1 cm³/mol. The summed E-state index contributed by atoms with van der Waals surface area (Å²) in [7, 11) is 0. The number of H-pyrrole nitrogens is 1. The highest BCUT2D eigenvalue weighted by molar-refractivity contribution is 5.93. The summed E-state index contributed by atoms with van der Waals surface area (Å²) in [5.41, 5.74) is 2.35. The average Bonchev–Trinajstić information content (AvgIpc) is 3.04. The summed E-state index contributed by atoms with van der Waals surface area (Å²) in [4.78, 5) is 30.1. The van der Waals surface area contributed by atoms with Crippen LogP contribution in [0.3, 0.4) is 0 Å². The Bertz CT molecular complexity index is 714. The fourth-order valence-corrected chi connectivity index (χ4v) is 2.93. The van der Waals surface area contributed by atoms with Gasteiger partial charge in [-0.3, -0.25) is 4.79 Å². The minimum atomic E-state index is 0.0447. The lowest BCUT2D eigenvalue weighted by atomic mass is 10.0. The molecule has 122 valence electrons. The Hall–Kier alpha value is -2.44. The average molecular weight is 314 g/mol. The molecule has 0 spiro atoms. The van der Waals surface area contributed by atoms with Gasteiger partial charge in [0, 0.05) is 24.7 Å². The highest BCUT2D eigenvalue weighted by Gasteiger charge is 2.23. The molecule has 0 atom stereocenters. The second-order valence-corrected chi connectivity index (χ2v) is 5.83. The minimum absolute atomic E-state index is 0.0447. The number of hydrogen-bond acceptors (Lipinski definition) is 5. The van der Waals surface area contributed by atoms with Crippen LogP contribution >= 0.6 is 0 Å². The third-order valence-corrected chi connectivity index (χ3v) is 4.20. The number of nitrogens with one attached hydrogen (secondary N) is 2. The van der Waals surface area contributed by atoms with Crippen molar-refractivity contribution in [3.63, 3.8) is 0 Å². The molecular weight excluding hydrogens is 292 g/mol. The zero-order chi connectivity index (χ0) is 16.2. The van der Waals surface area contributed by atoms with E-state index in [0.717, 1.165) is 49.3 Å². The Morgan fingerprint density at radius 1 is 1.39 bits per heavy atom. The van der Waals surface area contributed by atoms with E-state index < -0.39 is 0 Å². The lowest BCUT2D eigenvalue weighted by Crippen LogP contribution is -2.45. The molecule has 2 aromatic heterocycles. The number of piperidine rings is 1. The van der Waals surface area contributed by atoms with Crippen LogP contribution < -0.4 is 10.2 Å². The first-order valence-electron chi connectivity index (χ1n) is 8.05. The molecule has 0 aromatic carbocycles. The van der Waals surface area contributed by atoms with Gasteiger partial charge in [-0.15, -0.1) is 0 Å². The summed E-state index contributed by atoms with van der Waals surface area (Å²) >= 11 is 0. The predicted octanol–water partition coefficient (Wildman–Crippen LogP) is 1.79. The van der Waals surface area contributed by atoms with Crippen molar-refractivity contribution in [3.05, 3.63) is 24.3 Å². The van der Waals surface area contributed by atoms with Gasteiger partial charge in [0.1, 0.15) is 11.8 Å². The van der Waals surface area contributed by atoms with E-state index in [1.54, 1.807) is 12.7 Å². The first kappa shape index (κ1) is 15.5. The van der Waals surface area contributed by atoms with Crippen LogP contribution in [0.5, 0.6) is 0 Å². The smallest absolute Gasteiger partial charge is 0.246 e. The Morgan fingerprint density at radius 2 is 2.17 bits per heavy atom. The van der Waals surface area contributed by atoms with Crippen LogP contribution in [0.4, 0.5) is 5.82 Å². The lowest BCUT2D eigenvalue weighted by molar-refractivity contribution is -0.118. The van der Waals surface area contributed by atoms with E-state index in [-0.39, 0.29) is 11.9 Å². The zero-order valence-electron chi connectivity index (χ0n) is 13.5. The molecule has 1 aliphatic rings. The molecule has 3 rings (SSSR count). The molecule has 7 nitrogen and oxygen atoms in total. The van der Waals surface area contributed by atoms with Crippen molar-refractivity contribution in [2.24, 2.45) is 0 Å². The number of aromatic nitrogens is 4. The molecule has 2 N–H and O–H groups in total. The minimum Gasteiger partial charge on any atom is -0.355 e. The number of fused-ring (bicyclic) bond motifs is 1. The third-order valence-electron chi connectivity index (χ3n) is 4.20. The highest BCUT2D eigenvalue weighted by Crippen LogP contribution is 2.23. The van der Waals surface area contributed by atoms with Crippen LogP contribution in [0.25, 0.3) is 11.2 Å². The molecule has 0 saturated carbocycles. The van der Waals surface area contributed by atoms with Crippen molar-refractivity contribution >= 4 is 22.9 Å². The highest BCUT2D eigenvalue weighted by atomic mass is 16.1.